The van der Waals surface area contributed by atoms with Crippen molar-refractivity contribution in [1.82, 2.24) is 0 Å². The summed E-state index contributed by atoms with van der Waals surface area (Å²) in [6.45, 7) is 7.07. The van der Waals surface area contributed by atoms with Crippen LogP contribution in [0.5, 0.6) is 0 Å². The van der Waals surface area contributed by atoms with Crippen molar-refractivity contribution in [2.75, 3.05) is 0 Å². The van der Waals surface area contributed by atoms with E-state index in [4.69, 9.17) is 4.74 Å². The van der Waals surface area contributed by atoms with Crippen LogP contribution in [0.1, 0.15) is 33.6 Å². The summed E-state index contributed by atoms with van der Waals surface area (Å²) in [7, 11) is 0. The summed E-state index contributed by atoms with van der Waals surface area (Å²) >= 11 is 0.947. The third-order valence-electron chi connectivity index (χ3n) is 4.26. The number of ether oxygens (including phenoxy) is 1. The van der Waals surface area contributed by atoms with Crippen LogP contribution in [0.2, 0.25) is 0 Å². The Morgan fingerprint density at radius 3 is 2.85 bits per heavy atom. The van der Waals surface area contributed by atoms with Crippen molar-refractivity contribution in [3.8, 4) is 0 Å². The summed E-state index contributed by atoms with van der Waals surface area (Å²) in [6.07, 6.45) is 4.79. The van der Waals surface area contributed by atoms with Gasteiger partial charge in [0.2, 0.25) is 0 Å². The fourth-order valence-electron chi connectivity index (χ4n) is 2.99. The Balaban J connectivity index is 2.38. The molecule has 13 heavy (non-hydrogen) atoms. The molecule has 1 fully saturated rings. The van der Waals surface area contributed by atoms with Gasteiger partial charge < -0.3 is 0 Å². The number of hydrogen-bond donors (Lipinski definition) is 0. The second-order valence-electron chi connectivity index (χ2n) is 4.82. The summed E-state index contributed by atoms with van der Waals surface area (Å²) in [5.41, 5.74) is 1.94. The molecule has 0 radical (unpaired) electrons. The summed E-state index contributed by atoms with van der Waals surface area (Å²) in [5.74, 6) is 1.65. The molecule has 0 spiro atoms. The van der Waals surface area contributed by atoms with Crippen LogP contribution in [-0.2, 0) is 4.74 Å². The van der Waals surface area contributed by atoms with E-state index >= 15 is 0 Å². The molecule has 0 N–H and O–H groups in total. The Labute approximate surface area is 96.6 Å². The van der Waals surface area contributed by atoms with Gasteiger partial charge in [-0.05, 0) is 0 Å². The second kappa shape index (κ2) is 3.25. The van der Waals surface area contributed by atoms with Gasteiger partial charge in [-0.2, -0.15) is 0 Å². The molecule has 0 aromatic heterocycles. The van der Waals surface area contributed by atoms with Gasteiger partial charge in [0, 0.05) is 0 Å². The third kappa shape index (κ3) is 1.29. The van der Waals surface area contributed by atoms with Crippen molar-refractivity contribution < 1.29 is 4.74 Å². The van der Waals surface area contributed by atoms with Gasteiger partial charge in [0.1, 0.15) is 0 Å². The molecule has 0 aromatic rings. The number of allylic oxidation sites excluding steroid dienone is 1. The predicted octanol–water partition coefficient (Wildman–Crippen LogP) is 2.47. The molecule has 2 rings (SSSR count). The standard InChI is InChI=1S/C11H17O.Tl/c1-8-6-12-7-11(3)9(2)4-5-10(8)11;/h6-7,9-10H,4-5H2,1-3H3;/t9?,10-,11-;/m1./s1. The summed E-state index contributed by atoms with van der Waals surface area (Å²) in [4.78, 5) is 0. The van der Waals surface area contributed by atoms with Crippen LogP contribution in [-0.4, -0.2) is 29.4 Å². The topological polar surface area (TPSA) is 9.23 Å². The van der Waals surface area contributed by atoms with E-state index in [1.165, 1.54) is 18.4 Å². The molecule has 1 nitrogen and oxygen atoms in total. The van der Waals surface area contributed by atoms with Gasteiger partial charge in [0.05, 0.1) is 0 Å². The minimum atomic E-state index is 0.462. The maximum atomic E-state index is 5.79. The Bertz CT molecular complexity index is 248. The van der Waals surface area contributed by atoms with E-state index in [-0.39, 0.29) is 0 Å². The minimum absolute atomic E-state index is 0.462. The molecular weight excluding hydrogens is 353 g/mol. The average molecular weight is 370 g/mol. The van der Waals surface area contributed by atoms with Crippen LogP contribution in [0, 0.1) is 17.3 Å². The van der Waals surface area contributed by atoms with Gasteiger partial charge in [-0.15, -0.1) is 0 Å². The van der Waals surface area contributed by atoms with Crippen LogP contribution in [0.3, 0.4) is 0 Å². The van der Waals surface area contributed by atoms with Gasteiger partial charge in [0.15, 0.2) is 0 Å². The zero-order chi connectivity index (χ0) is 9.64. The summed E-state index contributed by atoms with van der Waals surface area (Å²) < 4.78 is 6.34. The van der Waals surface area contributed by atoms with Gasteiger partial charge in [-0.25, -0.2) is 0 Å². The first-order valence-electron chi connectivity index (χ1n) is 5.14. The molecule has 2 heteroatoms. The first-order valence-corrected chi connectivity index (χ1v) is 7.73. The van der Waals surface area contributed by atoms with Gasteiger partial charge in [-0.3, -0.25) is 0 Å². The number of fused-ring (bicyclic) bond motifs is 1. The van der Waals surface area contributed by atoms with Crippen LogP contribution in [0.25, 0.3) is 0 Å². The maximum absolute atomic E-state index is 5.79. The Kier molecular flexibility index (Phi) is 2.50. The molecular formula is C11H17OTl. The Hall–Kier alpha value is 0.462. The molecule has 4 atom stereocenters. The Morgan fingerprint density at radius 1 is 1.54 bits per heavy atom. The predicted molar refractivity (Wildman–Crippen MR) is 54.4 cm³/mol. The van der Waals surface area contributed by atoms with E-state index < -0.39 is 0 Å². The first kappa shape index (κ1) is 10.00. The van der Waals surface area contributed by atoms with E-state index in [0.717, 1.165) is 37.6 Å². The summed E-state index contributed by atoms with van der Waals surface area (Å²) in [6, 6.07) is 0. The van der Waals surface area contributed by atoms with Crippen molar-refractivity contribution in [2.45, 2.75) is 37.3 Å². The number of hydrogen-bond acceptors (Lipinski definition) is 1. The van der Waals surface area contributed by atoms with E-state index in [2.05, 4.69) is 20.8 Å². The Morgan fingerprint density at radius 2 is 2.23 bits per heavy atom. The fraction of sp³-hybridized carbons (Fsp3) is 0.818. The molecule has 1 saturated carbocycles. The molecule has 1 aliphatic heterocycles. The molecule has 70 valence electrons. The monoisotopic (exact) mass is 370 g/mol. The van der Waals surface area contributed by atoms with E-state index in [1.807, 2.05) is 6.26 Å². The van der Waals surface area contributed by atoms with Crippen molar-refractivity contribution in [1.29, 1.82) is 0 Å². The van der Waals surface area contributed by atoms with E-state index in [9.17, 15) is 0 Å². The zero-order valence-corrected chi connectivity index (χ0v) is 13.2. The molecule has 2 aliphatic rings. The van der Waals surface area contributed by atoms with E-state index in [0.29, 0.717) is 9.08 Å². The third-order valence-corrected chi connectivity index (χ3v) is 7.67. The van der Waals surface area contributed by atoms with Crippen LogP contribution >= 0.6 is 0 Å². The normalized spacial score (nSPS) is 49.4. The molecule has 0 amide bonds. The van der Waals surface area contributed by atoms with E-state index in [1.54, 1.807) is 0 Å². The molecule has 2 unspecified atom stereocenters. The molecule has 0 aromatic carbocycles. The van der Waals surface area contributed by atoms with Crippen molar-refractivity contribution >= 4 is 25.8 Å². The van der Waals surface area contributed by atoms with Crippen molar-refractivity contribution in [3.63, 3.8) is 0 Å². The van der Waals surface area contributed by atoms with Crippen LogP contribution < -0.4 is 0 Å². The first-order chi connectivity index (χ1) is 6.06. The quantitative estimate of drug-likeness (QED) is 0.596. The van der Waals surface area contributed by atoms with Crippen LogP contribution in [0.4, 0.5) is 0 Å². The molecule has 1 heterocycles. The number of rotatable bonds is 0. The molecule has 0 bridgehead atoms. The van der Waals surface area contributed by atoms with Gasteiger partial charge in [0.25, 0.3) is 0 Å². The fourth-order valence-corrected chi connectivity index (χ4v) is 5.47. The van der Waals surface area contributed by atoms with Gasteiger partial charge >= 0.3 is 96.9 Å². The SMILES string of the molecule is CC1=CO[CH]([Tl])[C@]2(C)C(C)CC[C@H]12. The molecule has 1 aliphatic carbocycles. The van der Waals surface area contributed by atoms with Crippen LogP contribution in [0.15, 0.2) is 11.8 Å². The van der Waals surface area contributed by atoms with Gasteiger partial charge in [-0.1, -0.05) is 0 Å². The molecule has 0 saturated heterocycles. The summed E-state index contributed by atoms with van der Waals surface area (Å²) in [5, 5.41) is 0. The second-order valence-corrected chi connectivity index (χ2v) is 7.17. The van der Waals surface area contributed by atoms with Crippen molar-refractivity contribution in [3.05, 3.63) is 11.8 Å². The zero-order valence-electron chi connectivity index (χ0n) is 8.71. The van der Waals surface area contributed by atoms with Crippen molar-refractivity contribution in [2.24, 2.45) is 17.3 Å². The average Bonchev–Trinajstić information content (AvgIpc) is 2.39.